The molecule has 0 aliphatic carbocycles. The highest BCUT2D eigenvalue weighted by Gasteiger charge is 2.22. The van der Waals surface area contributed by atoms with E-state index in [0.29, 0.717) is 10.8 Å². The zero-order chi connectivity index (χ0) is 11.4. The first-order valence-corrected chi connectivity index (χ1v) is 5.92. The maximum Gasteiger partial charge on any atom is 0.00327 e. The van der Waals surface area contributed by atoms with Gasteiger partial charge in [-0.15, -0.1) is 0 Å². The van der Waals surface area contributed by atoms with E-state index in [1.807, 2.05) is 0 Å². The first-order chi connectivity index (χ1) is 6.20. The maximum atomic E-state index is 2.57. The standard InChI is InChI=1S/C13H29N/c1-8-13(6,7)11-14(9-2)10-12(3,4)5/h8-11H2,1-7H3. The Hall–Kier alpha value is -0.0400. The highest BCUT2D eigenvalue weighted by molar-refractivity contribution is 4.75. The van der Waals surface area contributed by atoms with E-state index in [2.05, 4.69) is 53.4 Å². The zero-order valence-corrected chi connectivity index (χ0v) is 11.3. The Bertz CT molecular complexity index is 153. The summed E-state index contributed by atoms with van der Waals surface area (Å²) in [5, 5.41) is 0. The van der Waals surface area contributed by atoms with Crippen LogP contribution in [0.25, 0.3) is 0 Å². The molecule has 1 nitrogen and oxygen atoms in total. The number of nitrogens with zero attached hydrogens (tertiary/aromatic N) is 1. The van der Waals surface area contributed by atoms with E-state index in [1.54, 1.807) is 0 Å². The molecule has 0 unspecified atom stereocenters. The molecule has 0 heterocycles. The summed E-state index contributed by atoms with van der Waals surface area (Å²) in [5.41, 5.74) is 0.876. The van der Waals surface area contributed by atoms with Gasteiger partial charge in [-0.3, -0.25) is 0 Å². The Morgan fingerprint density at radius 2 is 1.36 bits per heavy atom. The van der Waals surface area contributed by atoms with Crippen molar-refractivity contribution in [2.24, 2.45) is 10.8 Å². The van der Waals surface area contributed by atoms with Crippen LogP contribution in [0.2, 0.25) is 0 Å². The van der Waals surface area contributed by atoms with E-state index in [-0.39, 0.29) is 0 Å². The van der Waals surface area contributed by atoms with Gasteiger partial charge in [0.1, 0.15) is 0 Å². The van der Waals surface area contributed by atoms with E-state index in [4.69, 9.17) is 0 Å². The SMILES string of the molecule is CCN(CC(C)(C)C)CC(C)(C)CC. The van der Waals surface area contributed by atoms with Crippen LogP contribution in [0.15, 0.2) is 0 Å². The third-order valence-electron chi connectivity index (χ3n) is 2.75. The van der Waals surface area contributed by atoms with Gasteiger partial charge >= 0.3 is 0 Å². The van der Waals surface area contributed by atoms with Crippen LogP contribution in [0.5, 0.6) is 0 Å². The minimum atomic E-state index is 0.416. The average molecular weight is 199 g/mol. The summed E-state index contributed by atoms with van der Waals surface area (Å²) >= 11 is 0. The Balaban J connectivity index is 4.17. The summed E-state index contributed by atoms with van der Waals surface area (Å²) in [6, 6.07) is 0. The molecule has 0 amide bonds. The van der Waals surface area contributed by atoms with E-state index < -0.39 is 0 Å². The third kappa shape index (κ3) is 6.42. The molecule has 0 spiro atoms. The number of hydrogen-bond acceptors (Lipinski definition) is 1. The molecule has 0 rings (SSSR count). The molecule has 0 aromatic carbocycles. The van der Waals surface area contributed by atoms with Gasteiger partial charge in [0.05, 0.1) is 0 Å². The van der Waals surface area contributed by atoms with Crippen molar-refractivity contribution in [1.29, 1.82) is 0 Å². The van der Waals surface area contributed by atoms with E-state index in [1.165, 1.54) is 26.1 Å². The fourth-order valence-corrected chi connectivity index (χ4v) is 1.67. The van der Waals surface area contributed by atoms with Crippen molar-refractivity contribution in [1.82, 2.24) is 4.90 Å². The molecule has 0 N–H and O–H groups in total. The molecule has 0 fully saturated rings. The van der Waals surface area contributed by atoms with Gasteiger partial charge in [-0.2, -0.15) is 0 Å². The van der Waals surface area contributed by atoms with Crippen LogP contribution in [0.1, 0.15) is 54.9 Å². The first-order valence-electron chi connectivity index (χ1n) is 5.92. The molecule has 0 saturated heterocycles. The monoisotopic (exact) mass is 199 g/mol. The highest BCUT2D eigenvalue weighted by Crippen LogP contribution is 2.23. The van der Waals surface area contributed by atoms with Crippen molar-refractivity contribution >= 4 is 0 Å². The lowest BCUT2D eigenvalue weighted by molar-refractivity contribution is 0.136. The van der Waals surface area contributed by atoms with Gasteiger partial charge < -0.3 is 4.90 Å². The van der Waals surface area contributed by atoms with Crippen molar-refractivity contribution in [3.63, 3.8) is 0 Å². The minimum absolute atomic E-state index is 0.416. The van der Waals surface area contributed by atoms with Crippen molar-refractivity contribution in [2.45, 2.75) is 54.9 Å². The summed E-state index contributed by atoms with van der Waals surface area (Å²) in [5.74, 6) is 0. The molecule has 14 heavy (non-hydrogen) atoms. The largest absolute Gasteiger partial charge is 0.303 e. The van der Waals surface area contributed by atoms with Crippen LogP contribution < -0.4 is 0 Å². The summed E-state index contributed by atoms with van der Waals surface area (Å²) in [4.78, 5) is 2.57. The van der Waals surface area contributed by atoms with Crippen LogP contribution in [0.4, 0.5) is 0 Å². The number of hydrogen-bond donors (Lipinski definition) is 0. The first kappa shape index (κ1) is 14.0. The molecule has 0 bridgehead atoms. The van der Waals surface area contributed by atoms with Crippen molar-refractivity contribution < 1.29 is 0 Å². The summed E-state index contributed by atoms with van der Waals surface area (Å²) in [6.07, 6.45) is 1.26. The average Bonchev–Trinajstić information content (AvgIpc) is 2.00. The topological polar surface area (TPSA) is 3.24 Å². The van der Waals surface area contributed by atoms with Gasteiger partial charge in [-0.25, -0.2) is 0 Å². The van der Waals surface area contributed by atoms with Gasteiger partial charge in [0.2, 0.25) is 0 Å². The van der Waals surface area contributed by atoms with Gasteiger partial charge in [0.15, 0.2) is 0 Å². The lowest BCUT2D eigenvalue weighted by Gasteiger charge is -2.35. The fraction of sp³-hybridized carbons (Fsp3) is 1.00. The molecule has 86 valence electrons. The Labute approximate surface area is 90.9 Å². The molecular weight excluding hydrogens is 170 g/mol. The maximum absolute atomic E-state index is 2.57. The van der Waals surface area contributed by atoms with E-state index in [9.17, 15) is 0 Å². The van der Waals surface area contributed by atoms with Crippen molar-refractivity contribution in [3.8, 4) is 0 Å². The molecule has 0 aromatic heterocycles. The lowest BCUT2D eigenvalue weighted by atomic mass is 9.88. The highest BCUT2D eigenvalue weighted by atomic mass is 15.1. The van der Waals surface area contributed by atoms with Gasteiger partial charge in [0, 0.05) is 13.1 Å². The number of rotatable bonds is 5. The van der Waals surface area contributed by atoms with Crippen molar-refractivity contribution in [3.05, 3.63) is 0 Å². The predicted molar refractivity (Wildman–Crippen MR) is 65.6 cm³/mol. The second-order valence-corrected chi connectivity index (χ2v) is 6.38. The molecule has 0 saturated carbocycles. The van der Waals surface area contributed by atoms with Gasteiger partial charge in [-0.1, -0.05) is 48.5 Å². The molecule has 0 aliphatic rings. The quantitative estimate of drug-likeness (QED) is 0.651. The normalized spacial score (nSPS) is 13.7. The van der Waals surface area contributed by atoms with E-state index >= 15 is 0 Å². The fourth-order valence-electron chi connectivity index (χ4n) is 1.67. The minimum Gasteiger partial charge on any atom is -0.303 e. The molecule has 0 aliphatic heterocycles. The Morgan fingerprint density at radius 1 is 0.857 bits per heavy atom. The summed E-state index contributed by atoms with van der Waals surface area (Å²) in [6.45, 7) is 19.8. The molecule has 0 aromatic rings. The van der Waals surface area contributed by atoms with Crippen LogP contribution >= 0.6 is 0 Å². The molecule has 1 heteroatoms. The Morgan fingerprint density at radius 3 is 1.64 bits per heavy atom. The van der Waals surface area contributed by atoms with Crippen LogP contribution in [-0.4, -0.2) is 24.5 Å². The Kier molecular flexibility index (Phi) is 5.14. The molecule has 0 radical (unpaired) electrons. The van der Waals surface area contributed by atoms with Gasteiger partial charge in [-0.05, 0) is 23.8 Å². The second kappa shape index (κ2) is 5.16. The summed E-state index contributed by atoms with van der Waals surface area (Å²) < 4.78 is 0. The smallest absolute Gasteiger partial charge is 0.00327 e. The van der Waals surface area contributed by atoms with Crippen molar-refractivity contribution in [2.75, 3.05) is 19.6 Å². The third-order valence-corrected chi connectivity index (χ3v) is 2.75. The summed E-state index contributed by atoms with van der Waals surface area (Å²) in [7, 11) is 0. The van der Waals surface area contributed by atoms with Crippen LogP contribution in [-0.2, 0) is 0 Å². The van der Waals surface area contributed by atoms with Crippen LogP contribution in [0.3, 0.4) is 0 Å². The predicted octanol–water partition coefficient (Wildman–Crippen LogP) is 3.79. The molecular formula is C13H29N. The zero-order valence-electron chi connectivity index (χ0n) is 11.3. The lowest BCUT2D eigenvalue weighted by Crippen LogP contribution is -2.39. The van der Waals surface area contributed by atoms with E-state index in [0.717, 1.165) is 0 Å². The second-order valence-electron chi connectivity index (χ2n) is 6.38. The van der Waals surface area contributed by atoms with Crippen LogP contribution in [0, 0.1) is 10.8 Å². The van der Waals surface area contributed by atoms with Gasteiger partial charge in [0.25, 0.3) is 0 Å². The molecule has 0 atom stereocenters.